The highest BCUT2D eigenvalue weighted by molar-refractivity contribution is 6.30. The van der Waals surface area contributed by atoms with Crippen molar-refractivity contribution >= 4 is 23.5 Å². The third-order valence-corrected chi connectivity index (χ3v) is 2.06. The van der Waals surface area contributed by atoms with Crippen LogP contribution >= 0.6 is 11.6 Å². The van der Waals surface area contributed by atoms with E-state index in [1.165, 1.54) is 0 Å². The summed E-state index contributed by atoms with van der Waals surface area (Å²) in [5.74, 6) is 0.178. The van der Waals surface area contributed by atoms with Crippen LogP contribution in [0.1, 0.15) is 26.3 Å². The molecule has 0 spiro atoms. The van der Waals surface area contributed by atoms with E-state index in [0.717, 1.165) is 0 Å². The summed E-state index contributed by atoms with van der Waals surface area (Å²) in [6.07, 6.45) is -0.653. The second kappa shape index (κ2) is 5.73. The predicted molar refractivity (Wildman–Crippen MR) is 71.5 cm³/mol. The van der Waals surface area contributed by atoms with Crippen molar-refractivity contribution in [2.24, 2.45) is 10.8 Å². The van der Waals surface area contributed by atoms with E-state index in [0.29, 0.717) is 10.6 Å². The first-order valence-electron chi connectivity index (χ1n) is 5.36. The standard InChI is InChI=1S/C12H16ClN3O2/c1-12(2,3)18-11(17)16-15-10(14)8-4-6-9(13)7-5-8/h4-7H,1-3H3,(H2,14,15)(H,16,17). The molecule has 1 aromatic carbocycles. The fourth-order valence-electron chi connectivity index (χ4n) is 1.09. The zero-order valence-corrected chi connectivity index (χ0v) is 11.3. The van der Waals surface area contributed by atoms with Gasteiger partial charge in [-0.2, -0.15) is 5.10 Å². The summed E-state index contributed by atoms with van der Waals surface area (Å²) in [6.45, 7) is 5.29. The number of amides is 1. The van der Waals surface area contributed by atoms with Crippen LogP contribution in [0.5, 0.6) is 0 Å². The molecule has 18 heavy (non-hydrogen) atoms. The molecule has 0 fully saturated rings. The summed E-state index contributed by atoms with van der Waals surface area (Å²) in [7, 11) is 0. The van der Waals surface area contributed by atoms with Crippen LogP contribution in [0.4, 0.5) is 4.79 Å². The van der Waals surface area contributed by atoms with E-state index in [-0.39, 0.29) is 5.84 Å². The summed E-state index contributed by atoms with van der Waals surface area (Å²) < 4.78 is 5.01. The first-order chi connectivity index (χ1) is 8.28. The molecule has 0 unspecified atom stereocenters. The van der Waals surface area contributed by atoms with E-state index in [1.807, 2.05) is 0 Å². The Balaban J connectivity index is 2.62. The number of nitrogens with one attached hydrogen (secondary N) is 1. The number of ether oxygens (including phenoxy) is 1. The number of amidine groups is 1. The van der Waals surface area contributed by atoms with Crippen LogP contribution in [0.2, 0.25) is 5.02 Å². The minimum Gasteiger partial charge on any atom is -0.443 e. The Bertz CT molecular complexity index is 449. The summed E-state index contributed by atoms with van der Waals surface area (Å²) >= 11 is 5.75. The van der Waals surface area contributed by atoms with Gasteiger partial charge in [0.15, 0.2) is 5.84 Å². The Morgan fingerprint density at radius 1 is 1.33 bits per heavy atom. The smallest absolute Gasteiger partial charge is 0.428 e. The molecular formula is C12H16ClN3O2. The van der Waals surface area contributed by atoms with Gasteiger partial charge in [-0.05, 0) is 45.0 Å². The van der Waals surface area contributed by atoms with Gasteiger partial charge < -0.3 is 10.5 Å². The number of nitrogens with two attached hydrogens (primary N) is 1. The molecule has 0 radical (unpaired) electrons. The van der Waals surface area contributed by atoms with Crippen LogP contribution in [0, 0.1) is 0 Å². The number of halogens is 1. The Labute approximate surface area is 111 Å². The normalized spacial score (nSPS) is 12.1. The second-order valence-corrected chi connectivity index (χ2v) is 5.05. The van der Waals surface area contributed by atoms with Crippen LogP contribution in [-0.4, -0.2) is 17.5 Å². The Morgan fingerprint density at radius 2 is 1.89 bits per heavy atom. The zero-order valence-electron chi connectivity index (χ0n) is 10.5. The highest BCUT2D eigenvalue weighted by atomic mass is 35.5. The molecule has 0 aliphatic rings. The monoisotopic (exact) mass is 269 g/mol. The van der Waals surface area contributed by atoms with Crippen molar-refractivity contribution in [1.29, 1.82) is 0 Å². The molecule has 0 saturated carbocycles. The summed E-state index contributed by atoms with van der Waals surface area (Å²) in [5, 5.41) is 4.34. The largest absolute Gasteiger partial charge is 0.443 e. The fraction of sp³-hybridized carbons (Fsp3) is 0.333. The average Bonchev–Trinajstić information content (AvgIpc) is 2.24. The molecule has 0 bridgehead atoms. The highest BCUT2D eigenvalue weighted by Crippen LogP contribution is 2.09. The maximum Gasteiger partial charge on any atom is 0.428 e. The zero-order chi connectivity index (χ0) is 13.8. The molecule has 0 aromatic heterocycles. The van der Waals surface area contributed by atoms with Crippen molar-refractivity contribution in [3.63, 3.8) is 0 Å². The molecule has 1 aromatic rings. The van der Waals surface area contributed by atoms with E-state index in [2.05, 4.69) is 10.5 Å². The molecule has 0 atom stereocenters. The van der Waals surface area contributed by atoms with E-state index in [9.17, 15) is 4.79 Å². The number of nitrogens with zero attached hydrogens (tertiary/aromatic N) is 1. The number of hydrogen-bond donors (Lipinski definition) is 2. The van der Waals surface area contributed by atoms with Gasteiger partial charge in [0.1, 0.15) is 5.60 Å². The van der Waals surface area contributed by atoms with Crippen LogP contribution < -0.4 is 11.2 Å². The number of benzene rings is 1. The van der Waals surface area contributed by atoms with Gasteiger partial charge in [-0.25, -0.2) is 10.2 Å². The summed E-state index contributed by atoms with van der Waals surface area (Å²) in [4.78, 5) is 11.3. The van der Waals surface area contributed by atoms with Gasteiger partial charge in [-0.3, -0.25) is 0 Å². The minimum absolute atomic E-state index is 0.178. The second-order valence-electron chi connectivity index (χ2n) is 4.62. The van der Waals surface area contributed by atoms with Gasteiger partial charge >= 0.3 is 6.09 Å². The van der Waals surface area contributed by atoms with E-state index >= 15 is 0 Å². The molecule has 0 aliphatic carbocycles. The van der Waals surface area contributed by atoms with Crippen molar-refractivity contribution in [2.75, 3.05) is 0 Å². The number of carbonyl (C=O) groups excluding carboxylic acids is 1. The van der Waals surface area contributed by atoms with Crippen LogP contribution in [0.15, 0.2) is 29.4 Å². The number of hydrogen-bond acceptors (Lipinski definition) is 3. The van der Waals surface area contributed by atoms with Gasteiger partial charge in [0, 0.05) is 10.6 Å². The third kappa shape index (κ3) is 5.05. The number of rotatable bonds is 2. The third-order valence-electron chi connectivity index (χ3n) is 1.81. The number of carbonyl (C=O) groups is 1. The Morgan fingerprint density at radius 3 is 2.39 bits per heavy atom. The van der Waals surface area contributed by atoms with Crippen molar-refractivity contribution in [3.8, 4) is 0 Å². The van der Waals surface area contributed by atoms with Gasteiger partial charge in [0.2, 0.25) is 0 Å². The van der Waals surface area contributed by atoms with Crippen molar-refractivity contribution in [3.05, 3.63) is 34.9 Å². The molecule has 5 nitrogen and oxygen atoms in total. The van der Waals surface area contributed by atoms with Gasteiger partial charge in [-0.15, -0.1) is 0 Å². The quantitative estimate of drug-likeness (QED) is 0.492. The highest BCUT2D eigenvalue weighted by Gasteiger charge is 2.15. The molecule has 6 heteroatoms. The molecule has 0 saturated heterocycles. The first kappa shape index (κ1) is 14.3. The van der Waals surface area contributed by atoms with E-state index in [4.69, 9.17) is 22.1 Å². The lowest BCUT2D eigenvalue weighted by atomic mass is 10.2. The fourth-order valence-corrected chi connectivity index (χ4v) is 1.22. The minimum atomic E-state index is -0.653. The maximum atomic E-state index is 11.3. The topological polar surface area (TPSA) is 76.7 Å². The first-order valence-corrected chi connectivity index (χ1v) is 5.74. The Hall–Kier alpha value is -1.75. The number of hydrazone groups is 1. The lowest BCUT2D eigenvalue weighted by molar-refractivity contribution is 0.0529. The average molecular weight is 270 g/mol. The maximum absolute atomic E-state index is 11.3. The molecule has 1 rings (SSSR count). The molecule has 0 aliphatic heterocycles. The molecule has 98 valence electrons. The molecule has 1 amide bonds. The lowest BCUT2D eigenvalue weighted by Gasteiger charge is -2.18. The molecule has 3 N–H and O–H groups in total. The lowest BCUT2D eigenvalue weighted by Crippen LogP contribution is -2.31. The van der Waals surface area contributed by atoms with Crippen molar-refractivity contribution in [2.45, 2.75) is 26.4 Å². The summed E-state index contributed by atoms with van der Waals surface area (Å²) in [5.41, 5.74) is 8.00. The predicted octanol–water partition coefficient (Wildman–Crippen LogP) is 2.49. The summed E-state index contributed by atoms with van der Waals surface area (Å²) in [6, 6.07) is 6.79. The van der Waals surface area contributed by atoms with Gasteiger partial charge in [-0.1, -0.05) is 11.6 Å². The van der Waals surface area contributed by atoms with Crippen LogP contribution in [0.25, 0.3) is 0 Å². The van der Waals surface area contributed by atoms with Gasteiger partial charge in [0.05, 0.1) is 0 Å². The van der Waals surface area contributed by atoms with Crippen molar-refractivity contribution in [1.82, 2.24) is 5.43 Å². The van der Waals surface area contributed by atoms with Gasteiger partial charge in [0.25, 0.3) is 0 Å². The molecular weight excluding hydrogens is 254 g/mol. The SMILES string of the molecule is CC(C)(C)OC(=O)N/N=C(/N)c1ccc(Cl)cc1. The molecule has 0 heterocycles. The van der Waals surface area contributed by atoms with Crippen LogP contribution in [0.3, 0.4) is 0 Å². The Kier molecular flexibility index (Phi) is 4.55. The van der Waals surface area contributed by atoms with Crippen LogP contribution in [-0.2, 0) is 4.74 Å². The van der Waals surface area contributed by atoms with E-state index in [1.54, 1.807) is 45.0 Å². The van der Waals surface area contributed by atoms with E-state index < -0.39 is 11.7 Å². The van der Waals surface area contributed by atoms with Crippen molar-refractivity contribution < 1.29 is 9.53 Å².